The van der Waals surface area contributed by atoms with Crippen LogP contribution in [0.2, 0.25) is 0 Å². The molecule has 2 N–H and O–H groups in total. The van der Waals surface area contributed by atoms with Crippen LogP contribution in [0.3, 0.4) is 0 Å². The van der Waals surface area contributed by atoms with E-state index in [1.807, 2.05) is 53.7 Å². The number of aryl methyl sites for hydroxylation is 3. The lowest BCUT2D eigenvalue weighted by atomic mass is 10.1. The van der Waals surface area contributed by atoms with E-state index in [4.69, 9.17) is 15.0 Å². The summed E-state index contributed by atoms with van der Waals surface area (Å²) in [6.45, 7) is 18.1. The lowest BCUT2D eigenvalue weighted by Crippen LogP contribution is -2.03. The van der Waals surface area contributed by atoms with Gasteiger partial charge in [0.1, 0.15) is 28.8 Å². The predicted octanol–water partition coefficient (Wildman–Crippen LogP) is 9.30. The van der Waals surface area contributed by atoms with Gasteiger partial charge in [-0.15, -0.1) is 11.8 Å². The second-order valence-corrected chi connectivity index (χ2v) is 12.1. The van der Waals surface area contributed by atoms with E-state index in [2.05, 4.69) is 92.2 Å². The molecule has 0 aliphatic rings. The quantitative estimate of drug-likeness (QED) is 0.0825. The van der Waals surface area contributed by atoms with Gasteiger partial charge in [-0.05, 0) is 94.5 Å². The van der Waals surface area contributed by atoms with Crippen LogP contribution >= 0.6 is 40.2 Å². The highest BCUT2D eigenvalue weighted by atomic mass is 127. The van der Waals surface area contributed by atoms with Crippen molar-refractivity contribution in [3.8, 4) is 0 Å². The van der Waals surface area contributed by atoms with Gasteiger partial charge in [0.15, 0.2) is 5.65 Å². The van der Waals surface area contributed by atoms with Crippen LogP contribution in [0.4, 0.5) is 23.0 Å². The molecule has 4 aromatic rings. The molecule has 0 radical (unpaired) electrons. The molecule has 0 aliphatic carbocycles. The number of nitrogens with zero attached hydrogens (tertiary/aromatic N) is 6. The van der Waals surface area contributed by atoms with Gasteiger partial charge in [0.2, 0.25) is 0 Å². The average Bonchev–Trinajstić information content (AvgIpc) is 3.24. The van der Waals surface area contributed by atoms with Gasteiger partial charge in [-0.2, -0.15) is 0 Å². The van der Waals surface area contributed by atoms with Crippen molar-refractivity contribution >= 4 is 80.1 Å². The number of allylic oxidation sites excluding steroid dienone is 2. The van der Waals surface area contributed by atoms with Crippen molar-refractivity contribution in [3.05, 3.63) is 64.5 Å². The number of aliphatic imine (C=N–C) groups is 1. The Morgan fingerprint density at radius 1 is 0.900 bits per heavy atom. The number of anilines is 4. The third-order valence-corrected chi connectivity index (χ3v) is 8.97. The van der Waals surface area contributed by atoms with Crippen molar-refractivity contribution in [1.29, 1.82) is 0 Å². The zero-order valence-corrected chi connectivity index (χ0v) is 28.8. The van der Waals surface area contributed by atoms with E-state index in [1.165, 1.54) is 5.57 Å². The number of aromatic nitrogens is 5. The van der Waals surface area contributed by atoms with E-state index in [9.17, 15) is 0 Å². The van der Waals surface area contributed by atoms with Crippen LogP contribution in [0.1, 0.15) is 64.4 Å². The van der Waals surface area contributed by atoms with E-state index < -0.39 is 0 Å². The summed E-state index contributed by atoms with van der Waals surface area (Å²) in [5, 5.41) is 7.02. The fraction of sp³-hybridized carbons (Fsp3) is 0.345. The number of hydrogen-bond acceptors (Lipinski definition) is 8. The summed E-state index contributed by atoms with van der Waals surface area (Å²) < 4.78 is 2.13. The fourth-order valence-electron chi connectivity index (χ4n) is 3.92. The topological polar surface area (TPSA) is 92.9 Å². The van der Waals surface area contributed by atoms with Crippen molar-refractivity contribution < 1.29 is 0 Å². The highest BCUT2D eigenvalue weighted by Crippen LogP contribution is 2.37. The molecule has 0 saturated carbocycles. The SMILES string of the molecule is CC.CSc1cc(C(C)=NC(C)=C(C)C)ccc1Nc1cc(Nc2cc(C)nc(C)n2)nc2c1nc(C)n2PI. The predicted molar refractivity (Wildman–Crippen MR) is 184 cm³/mol. The second kappa shape index (κ2) is 14.4. The molecule has 0 saturated heterocycles. The maximum Gasteiger partial charge on any atom is 0.168 e. The summed E-state index contributed by atoms with van der Waals surface area (Å²) >= 11 is 4.06. The highest BCUT2D eigenvalue weighted by molar-refractivity contribution is 14.2. The van der Waals surface area contributed by atoms with Gasteiger partial charge >= 0.3 is 0 Å². The number of rotatable bonds is 8. The molecular formula is C29H38IN8PS. The number of hydrogen-bond donors (Lipinski definition) is 2. The van der Waals surface area contributed by atoms with E-state index in [1.54, 1.807) is 11.8 Å². The first-order valence-electron chi connectivity index (χ1n) is 13.1. The average molecular weight is 689 g/mol. The molecule has 0 amide bonds. The Morgan fingerprint density at radius 3 is 2.23 bits per heavy atom. The molecule has 212 valence electrons. The lowest BCUT2D eigenvalue weighted by Gasteiger charge is -2.15. The first-order chi connectivity index (χ1) is 19.1. The lowest BCUT2D eigenvalue weighted by molar-refractivity contribution is 1.01. The van der Waals surface area contributed by atoms with Crippen molar-refractivity contribution in [1.82, 2.24) is 24.3 Å². The van der Waals surface area contributed by atoms with Crippen LogP contribution in [0, 0.1) is 20.8 Å². The van der Waals surface area contributed by atoms with Crippen LogP contribution in [0.25, 0.3) is 11.2 Å². The van der Waals surface area contributed by atoms with Gasteiger partial charge in [0.05, 0.1) is 17.7 Å². The molecule has 3 heterocycles. The first-order valence-corrected chi connectivity index (χ1v) is 18.4. The van der Waals surface area contributed by atoms with Crippen LogP contribution in [-0.4, -0.2) is 36.2 Å². The molecule has 0 aliphatic heterocycles. The van der Waals surface area contributed by atoms with Crippen molar-refractivity contribution in [2.45, 2.75) is 67.2 Å². The number of fused-ring (bicyclic) bond motifs is 1. The summed E-state index contributed by atoms with van der Waals surface area (Å²) in [4.78, 5) is 24.6. The van der Waals surface area contributed by atoms with Crippen molar-refractivity contribution in [2.75, 3.05) is 16.9 Å². The second-order valence-electron chi connectivity index (χ2n) is 9.20. The normalized spacial score (nSPS) is 11.5. The molecular weight excluding hydrogens is 650 g/mol. The summed E-state index contributed by atoms with van der Waals surface area (Å²) in [5.41, 5.74) is 8.80. The number of imidazole rings is 1. The highest BCUT2D eigenvalue weighted by Gasteiger charge is 2.17. The summed E-state index contributed by atoms with van der Waals surface area (Å²) in [6, 6.07) is 10.3. The fourth-order valence-corrected chi connectivity index (χ4v) is 6.65. The Hall–Kier alpha value is -2.56. The number of benzene rings is 1. The Labute approximate surface area is 256 Å². The Morgan fingerprint density at radius 2 is 1.60 bits per heavy atom. The first kappa shape index (κ1) is 32.0. The zero-order valence-electron chi connectivity index (χ0n) is 24.9. The van der Waals surface area contributed by atoms with Crippen molar-refractivity contribution in [2.24, 2.45) is 4.99 Å². The molecule has 11 heteroatoms. The van der Waals surface area contributed by atoms with Gasteiger partial charge in [0.25, 0.3) is 0 Å². The van der Waals surface area contributed by atoms with E-state index >= 15 is 0 Å². The minimum absolute atomic E-state index is 0.480. The third-order valence-electron chi connectivity index (χ3n) is 6.04. The molecule has 3 aromatic heterocycles. The number of thioether (sulfide) groups is 1. The molecule has 1 unspecified atom stereocenters. The molecule has 0 spiro atoms. The van der Waals surface area contributed by atoms with Crippen molar-refractivity contribution in [3.63, 3.8) is 0 Å². The summed E-state index contributed by atoms with van der Waals surface area (Å²) in [7, 11) is 0. The van der Waals surface area contributed by atoms with E-state index in [0.717, 1.165) is 55.9 Å². The minimum atomic E-state index is 0.480. The van der Waals surface area contributed by atoms with Gasteiger partial charge in [-0.3, -0.25) is 9.33 Å². The van der Waals surface area contributed by atoms with Crippen LogP contribution in [0.15, 0.2) is 51.5 Å². The molecule has 4 rings (SSSR count). The number of nitrogens with one attached hydrogen (secondary N) is 2. The van der Waals surface area contributed by atoms with Crippen LogP contribution < -0.4 is 10.6 Å². The molecule has 1 aromatic carbocycles. The number of halogens is 1. The van der Waals surface area contributed by atoms with Crippen LogP contribution in [-0.2, 0) is 0 Å². The maximum atomic E-state index is 4.91. The minimum Gasteiger partial charge on any atom is -0.353 e. The smallest absolute Gasteiger partial charge is 0.168 e. The van der Waals surface area contributed by atoms with E-state index in [0.29, 0.717) is 23.8 Å². The third kappa shape index (κ3) is 7.59. The Bertz CT molecular complexity index is 1550. The monoisotopic (exact) mass is 688 g/mol. The molecule has 8 nitrogen and oxygen atoms in total. The van der Waals surface area contributed by atoms with Gasteiger partial charge in [-0.25, -0.2) is 19.9 Å². The standard InChI is InChI=1S/C27H32IN8PS.C2H6/c1-14(2)16(4)30-17(5)20-9-10-21(23(12-20)38-8)33-22-13-25(34-24-11-15(3)29-18(6)31-24)35-27-26(22)32-19(7)36(27)37-28;1-2/h9-13,37H,1-8H3,(H2,29,31,33,34,35);1-2H3. The Balaban J connectivity index is 0.00000216. The van der Waals surface area contributed by atoms with Crippen LogP contribution in [0.5, 0.6) is 0 Å². The van der Waals surface area contributed by atoms with Gasteiger partial charge < -0.3 is 10.6 Å². The summed E-state index contributed by atoms with van der Waals surface area (Å²) in [6.07, 6.45) is 2.57. The molecule has 0 fully saturated rings. The zero-order chi connectivity index (χ0) is 29.6. The molecule has 40 heavy (non-hydrogen) atoms. The Kier molecular flexibility index (Phi) is 11.5. The van der Waals surface area contributed by atoms with Gasteiger partial charge in [0, 0.05) is 34.1 Å². The number of pyridine rings is 1. The molecule has 1 atom stereocenters. The molecule has 0 bridgehead atoms. The van der Waals surface area contributed by atoms with E-state index in [-0.39, 0.29) is 0 Å². The summed E-state index contributed by atoms with van der Waals surface area (Å²) in [5.74, 6) is 3.04. The maximum absolute atomic E-state index is 4.91. The largest absolute Gasteiger partial charge is 0.353 e. The van der Waals surface area contributed by atoms with Gasteiger partial charge in [-0.1, -0.05) is 25.5 Å².